The Balaban J connectivity index is 1.43. The first-order valence-corrected chi connectivity index (χ1v) is 13.1. The largest absolute Gasteiger partial charge is 0.573 e. The second-order valence-electron chi connectivity index (χ2n) is 8.45. The summed E-state index contributed by atoms with van der Waals surface area (Å²) >= 11 is 0. The Hall–Kier alpha value is -4.11. The third-order valence-electron chi connectivity index (χ3n) is 6.19. The predicted molar refractivity (Wildman–Crippen MR) is 133 cm³/mol. The number of ether oxygens (including phenoxy) is 3. The summed E-state index contributed by atoms with van der Waals surface area (Å²) in [7, 11) is -1.00. The van der Waals surface area contributed by atoms with Gasteiger partial charge in [0.15, 0.2) is 11.5 Å². The number of sulfonamides is 1. The highest BCUT2D eigenvalue weighted by Gasteiger charge is 2.33. The van der Waals surface area contributed by atoms with Gasteiger partial charge in [0.2, 0.25) is 10.0 Å². The van der Waals surface area contributed by atoms with Crippen molar-refractivity contribution >= 4 is 21.6 Å². The number of benzene rings is 2. The van der Waals surface area contributed by atoms with Gasteiger partial charge >= 0.3 is 6.36 Å². The highest BCUT2D eigenvalue weighted by molar-refractivity contribution is 7.89. The van der Waals surface area contributed by atoms with Gasteiger partial charge < -0.3 is 19.1 Å². The highest BCUT2D eigenvalue weighted by atomic mass is 32.2. The van der Waals surface area contributed by atoms with Crippen molar-refractivity contribution in [2.45, 2.75) is 11.3 Å². The summed E-state index contributed by atoms with van der Waals surface area (Å²) in [5, 5.41) is 4.32. The number of nitrogens with zero attached hydrogens (tertiary/aromatic N) is 6. The van der Waals surface area contributed by atoms with E-state index in [2.05, 4.69) is 19.8 Å². The smallest absolute Gasteiger partial charge is 0.493 e. The number of alkyl halides is 3. The number of hydrogen-bond acceptors (Lipinski definition) is 9. The Kier molecular flexibility index (Phi) is 6.94. The van der Waals surface area contributed by atoms with Crippen molar-refractivity contribution in [3.05, 3.63) is 55.0 Å². The zero-order chi connectivity index (χ0) is 27.8. The van der Waals surface area contributed by atoms with Crippen molar-refractivity contribution in [1.82, 2.24) is 23.9 Å². The van der Waals surface area contributed by atoms with Crippen LogP contribution in [-0.2, 0) is 10.0 Å². The lowest BCUT2D eigenvalue weighted by atomic mass is 10.1. The predicted octanol–water partition coefficient (Wildman–Crippen LogP) is 3.22. The zero-order valence-electron chi connectivity index (χ0n) is 20.8. The van der Waals surface area contributed by atoms with Crippen molar-refractivity contribution < 1.29 is 35.8 Å². The maximum Gasteiger partial charge on any atom is 0.573 e. The molecule has 39 heavy (non-hydrogen) atoms. The molecule has 206 valence electrons. The number of piperazine rings is 1. The lowest BCUT2D eigenvalue weighted by molar-refractivity contribution is -0.274. The molecule has 1 saturated heterocycles. The Morgan fingerprint density at radius 3 is 2.36 bits per heavy atom. The summed E-state index contributed by atoms with van der Waals surface area (Å²) in [4.78, 5) is 10.2. The van der Waals surface area contributed by atoms with Crippen molar-refractivity contribution in [2.24, 2.45) is 0 Å². The van der Waals surface area contributed by atoms with E-state index in [1.165, 1.54) is 29.9 Å². The molecule has 15 heteroatoms. The molecular formula is C24H23F3N6O5S. The highest BCUT2D eigenvalue weighted by Crippen LogP contribution is 2.37. The molecule has 0 radical (unpaired) electrons. The average molecular weight is 565 g/mol. The van der Waals surface area contributed by atoms with Crippen LogP contribution in [0.25, 0.3) is 16.9 Å². The summed E-state index contributed by atoms with van der Waals surface area (Å²) in [5.41, 5.74) is 1.48. The van der Waals surface area contributed by atoms with Crippen LogP contribution in [0.3, 0.4) is 0 Å². The summed E-state index contributed by atoms with van der Waals surface area (Å²) in [6.45, 7) is 0.710. The minimum absolute atomic E-state index is 0.0799. The first-order valence-electron chi connectivity index (χ1n) is 11.6. The lowest BCUT2D eigenvalue weighted by Gasteiger charge is -2.36. The van der Waals surface area contributed by atoms with Crippen molar-refractivity contribution in [1.29, 1.82) is 0 Å². The number of anilines is 1. The van der Waals surface area contributed by atoms with E-state index in [1.54, 1.807) is 30.0 Å². The molecule has 0 N–H and O–H groups in total. The normalized spacial score (nSPS) is 14.9. The molecule has 0 aliphatic carbocycles. The van der Waals surface area contributed by atoms with Gasteiger partial charge in [-0.2, -0.15) is 18.9 Å². The van der Waals surface area contributed by atoms with E-state index in [0.29, 0.717) is 28.7 Å². The van der Waals surface area contributed by atoms with E-state index in [0.717, 1.165) is 17.7 Å². The molecular weight excluding hydrogens is 541 g/mol. The van der Waals surface area contributed by atoms with E-state index in [1.807, 2.05) is 11.0 Å². The molecule has 5 rings (SSSR count). The van der Waals surface area contributed by atoms with Crippen LogP contribution in [0.4, 0.5) is 19.0 Å². The van der Waals surface area contributed by atoms with E-state index >= 15 is 0 Å². The zero-order valence-corrected chi connectivity index (χ0v) is 21.6. The molecule has 1 fully saturated rings. The van der Waals surface area contributed by atoms with Crippen LogP contribution in [0.5, 0.6) is 17.2 Å². The van der Waals surface area contributed by atoms with Gasteiger partial charge in [0.1, 0.15) is 17.9 Å². The molecule has 1 aliphatic heterocycles. The topological polar surface area (TPSA) is 111 Å². The van der Waals surface area contributed by atoms with Gasteiger partial charge in [-0.15, -0.1) is 13.2 Å². The van der Waals surface area contributed by atoms with Crippen LogP contribution in [0.1, 0.15) is 0 Å². The number of hydrogen-bond donors (Lipinski definition) is 0. The van der Waals surface area contributed by atoms with Crippen LogP contribution in [0, 0.1) is 0 Å². The molecule has 1 aliphatic rings. The lowest BCUT2D eigenvalue weighted by Crippen LogP contribution is -2.49. The van der Waals surface area contributed by atoms with E-state index < -0.39 is 22.1 Å². The molecule has 2 aromatic carbocycles. The van der Waals surface area contributed by atoms with E-state index in [9.17, 15) is 21.6 Å². The van der Waals surface area contributed by atoms with E-state index in [-0.39, 0.29) is 31.1 Å². The van der Waals surface area contributed by atoms with Crippen molar-refractivity contribution in [3.63, 3.8) is 0 Å². The van der Waals surface area contributed by atoms with Crippen LogP contribution < -0.4 is 19.1 Å². The van der Waals surface area contributed by atoms with Gasteiger partial charge in [-0.25, -0.2) is 13.4 Å². The fourth-order valence-electron chi connectivity index (χ4n) is 4.40. The minimum Gasteiger partial charge on any atom is -0.493 e. The Bertz CT molecular complexity index is 1600. The number of halogens is 3. The Morgan fingerprint density at radius 2 is 1.67 bits per heavy atom. The van der Waals surface area contributed by atoms with Crippen LogP contribution in [-0.4, -0.2) is 79.1 Å². The molecule has 0 spiro atoms. The van der Waals surface area contributed by atoms with Crippen molar-refractivity contribution in [3.8, 4) is 28.4 Å². The molecule has 0 amide bonds. The van der Waals surface area contributed by atoms with Gasteiger partial charge in [-0.05, 0) is 29.8 Å². The second kappa shape index (κ2) is 10.2. The number of methoxy groups -OCH3 is 2. The van der Waals surface area contributed by atoms with Gasteiger partial charge in [0.25, 0.3) is 5.78 Å². The summed E-state index contributed by atoms with van der Waals surface area (Å²) < 4.78 is 81.9. The fraction of sp³-hybridized carbons (Fsp3) is 0.292. The summed E-state index contributed by atoms with van der Waals surface area (Å²) in [5.74, 6) is 1.49. The maximum atomic E-state index is 13.2. The Morgan fingerprint density at radius 1 is 0.923 bits per heavy atom. The molecule has 2 aromatic heterocycles. The first kappa shape index (κ1) is 26.5. The van der Waals surface area contributed by atoms with Gasteiger partial charge in [0, 0.05) is 44.0 Å². The molecule has 0 atom stereocenters. The van der Waals surface area contributed by atoms with Gasteiger partial charge in [0.05, 0.1) is 19.1 Å². The molecule has 0 saturated carbocycles. The van der Waals surface area contributed by atoms with Crippen molar-refractivity contribution in [2.75, 3.05) is 45.3 Å². The standard InChI is InChI=1S/C24H23F3N6O5S/c1-36-20-7-6-16(12-21(20)37-2)19-14-28-23-29-15-30-33(23)22(19)31-8-10-32(11-9-31)39(34,35)18-5-3-4-17(13-18)38-24(25,26)27/h3-7,12-15H,8-11H2,1-2H3. The third kappa shape index (κ3) is 5.27. The summed E-state index contributed by atoms with van der Waals surface area (Å²) in [6, 6.07) is 9.78. The third-order valence-corrected chi connectivity index (χ3v) is 8.08. The number of fused-ring (bicyclic) bond motifs is 1. The van der Waals surface area contributed by atoms with Crippen LogP contribution >= 0.6 is 0 Å². The van der Waals surface area contributed by atoms with Crippen LogP contribution in [0.2, 0.25) is 0 Å². The monoisotopic (exact) mass is 564 g/mol. The fourth-order valence-corrected chi connectivity index (χ4v) is 5.86. The second-order valence-corrected chi connectivity index (χ2v) is 10.4. The molecule has 11 nitrogen and oxygen atoms in total. The maximum absolute atomic E-state index is 13.2. The van der Waals surface area contributed by atoms with Gasteiger partial charge in [-0.3, -0.25) is 0 Å². The molecule has 4 aromatic rings. The SMILES string of the molecule is COc1ccc(-c2cnc3ncnn3c2N2CCN(S(=O)(=O)c3cccc(OC(F)(F)F)c3)CC2)cc1OC. The quantitative estimate of drug-likeness (QED) is 0.334. The molecule has 0 bridgehead atoms. The molecule has 0 unspecified atom stereocenters. The number of aromatic nitrogens is 4. The Labute approximate surface area is 221 Å². The average Bonchev–Trinajstić information content (AvgIpc) is 3.40. The number of rotatable bonds is 7. The van der Waals surface area contributed by atoms with Gasteiger partial charge in [-0.1, -0.05) is 12.1 Å². The summed E-state index contributed by atoms with van der Waals surface area (Å²) in [6.07, 6.45) is -1.90. The first-order chi connectivity index (χ1) is 18.6. The van der Waals surface area contributed by atoms with Crippen LogP contribution in [0.15, 0.2) is 59.9 Å². The minimum atomic E-state index is -4.93. The van der Waals surface area contributed by atoms with E-state index in [4.69, 9.17) is 9.47 Å². The molecule has 3 heterocycles.